The maximum Gasteiger partial charge on any atom is 0.0593 e. The molecular weight excluding hydrogens is 188 g/mol. The summed E-state index contributed by atoms with van der Waals surface area (Å²) >= 11 is 0. The Bertz CT molecular complexity index is 182. The van der Waals surface area contributed by atoms with E-state index in [2.05, 4.69) is 17.1 Å². The van der Waals surface area contributed by atoms with E-state index in [1.54, 1.807) is 0 Å². The molecule has 0 bridgehead atoms. The molecule has 2 aliphatic rings. The van der Waals surface area contributed by atoms with Crippen LogP contribution in [0.5, 0.6) is 0 Å². The minimum atomic E-state index is 0.546. The highest BCUT2D eigenvalue weighted by atomic mass is 16.5. The van der Waals surface area contributed by atoms with Crippen molar-refractivity contribution in [1.29, 1.82) is 0 Å². The van der Waals surface area contributed by atoms with E-state index >= 15 is 0 Å². The zero-order valence-electron chi connectivity index (χ0n) is 9.93. The number of hydrogen-bond acceptors (Lipinski definition) is 3. The van der Waals surface area contributed by atoms with Crippen LogP contribution in [0.4, 0.5) is 0 Å². The largest absolute Gasteiger partial charge is 0.380 e. The number of rotatable bonds is 3. The van der Waals surface area contributed by atoms with Gasteiger partial charge in [0.1, 0.15) is 0 Å². The van der Waals surface area contributed by atoms with E-state index in [0.717, 1.165) is 19.8 Å². The maximum absolute atomic E-state index is 5.50. The van der Waals surface area contributed by atoms with E-state index in [1.165, 1.54) is 45.4 Å². The molecule has 0 aromatic heterocycles. The van der Waals surface area contributed by atoms with E-state index in [0.29, 0.717) is 5.41 Å². The van der Waals surface area contributed by atoms with Crippen LogP contribution >= 0.6 is 0 Å². The number of hydrogen-bond donors (Lipinski definition) is 1. The van der Waals surface area contributed by atoms with Gasteiger partial charge in [-0.05, 0) is 31.2 Å². The average Bonchev–Trinajstić information content (AvgIpc) is 2.57. The first kappa shape index (κ1) is 11.4. The molecule has 2 fully saturated rings. The lowest BCUT2D eigenvalue weighted by Gasteiger charge is -2.33. The quantitative estimate of drug-likeness (QED) is 0.758. The van der Waals surface area contributed by atoms with Crippen molar-refractivity contribution >= 4 is 0 Å². The van der Waals surface area contributed by atoms with Crippen molar-refractivity contribution in [3.63, 3.8) is 0 Å². The topological polar surface area (TPSA) is 24.5 Å². The highest BCUT2D eigenvalue weighted by Crippen LogP contribution is 2.30. The SMILES string of the molecule is CCC1(CN2CCCOCC2)CCNC1. The molecule has 2 rings (SSSR count). The third-order valence-electron chi connectivity index (χ3n) is 3.96. The van der Waals surface area contributed by atoms with Crippen LogP contribution in [0, 0.1) is 5.41 Å². The summed E-state index contributed by atoms with van der Waals surface area (Å²) in [5, 5.41) is 3.51. The van der Waals surface area contributed by atoms with Crippen LogP contribution in [0.15, 0.2) is 0 Å². The highest BCUT2D eigenvalue weighted by Gasteiger charge is 2.33. The van der Waals surface area contributed by atoms with Crippen LogP contribution in [-0.4, -0.2) is 50.8 Å². The summed E-state index contributed by atoms with van der Waals surface area (Å²) in [5.41, 5.74) is 0.546. The highest BCUT2D eigenvalue weighted by molar-refractivity contribution is 4.89. The molecule has 0 spiro atoms. The molecule has 0 saturated carbocycles. The van der Waals surface area contributed by atoms with Crippen LogP contribution in [0.25, 0.3) is 0 Å². The van der Waals surface area contributed by atoms with Crippen molar-refractivity contribution < 1.29 is 4.74 Å². The molecule has 3 nitrogen and oxygen atoms in total. The van der Waals surface area contributed by atoms with Gasteiger partial charge in [0.05, 0.1) is 6.61 Å². The van der Waals surface area contributed by atoms with Crippen LogP contribution in [0.1, 0.15) is 26.2 Å². The van der Waals surface area contributed by atoms with Crippen molar-refractivity contribution in [2.24, 2.45) is 5.41 Å². The van der Waals surface area contributed by atoms with Gasteiger partial charge in [0.2, 0.25) is 0 Å². The number of nitrogens with one attached hydrogen (secondary N) is 1. The van der Waals surface area contributed by atoms with Gasteiger partial charge in [-0.3, -0.25) is 0 Å². The van der Waals surface area contributed by atoms with E-state index in [4.69, 9.17) is 4.74 Å². The fraction of sp³-hybridized carbons (Fsp3) is 1.00. The van der Waals surface area contributed by atoms with Crippen LogP contribution < -0.4 is 5.32 Å². The van der Waals surface area contributed by atoms with Gasteiger partial charge in [-0.15, -0.1) is 0 Å². The molecule has 0 aromatic carbocycles. The molecule has 1 unspecified atom stereocenters. The third kappa shape index (κ3) is 2.92. The zero-order chi connectivity index (χ0) is 10.6. The normalized spacial score (nSPS) is 34.2. The Kier molecular flexibility index (Phi) is 4.00. The zero-order valence-corrected chi connectivity index (χ0v) is 9.93. The predicted molar refractivity (Wildman–Crippen MR) is 62.1 cm³/mol. The molecule has 0 amide bonds. The molecular formula is C12H24N2O. The monoisotopic (exact) mass is 212 g/mol. The summed E-state index contributed by atoms with van der Waals surface area (Å²) in [6.07, 6.45) is 3.85. The van der Waals surface area contributed by atoms with Gasteiger partial charge in [0.25, 0.3) is 0 Å². The lowest BCUT2D eigenvalue weighted by molar-refractivity contribution is 0.125. The first-order valence-corrected chi connectivity index (χ1v) is 6.35. The summed E-state index contributed by atoms with van der Waals surface area (Å²) in [6, 6.07) is 0. The molecule has 0 aromatic rings. The molecule has 0 radical (unpaired) electrons. The molecule has 2 saturated heterocycles. The second-order valence-corrected chi connectivity index (χ2v) is 5.02. The summed E-state index contributed by atoms with van der Waals surface area (Å²) in [4.78, 5) is 2.60. The minimum Gasteiger partial charge on any atom is -0.380 e. The molecule has 2 heterocycles. The Balaban J connectivity index is 1.87. The van der Waals surface area contributed by atoms with Gasteiger partial charge < -0.3 is 15.0 Å². The lowest BCUT2D eigenvalue weighted by atomic mass is 9.83. The summed E-state index contributed by atoms with van der Waals surface area (Å²) in [6.45, 7) is 10.2. The lowest BCUT2D eigenvalue weighted by Crippen LogP contribution is -2.40. The van der Waals surface area contributed by atoms with E-state index in [-0.39, 0.29) is 0 Å². The molecule has 1 N–H and O–H groups in total. The Labute approximate surface area is 93.2 Å². The van der Waals surface area contributed by atoms with Gasteiger partial charge in [0, 0.05) is 32.8 Å². The fourth-order valence-electron chi connectivity index (χ4n) is 2.77. The van der Waals surface area contributed by atoms with Gasteiger partial charge in [-0.1, -0.05) is 6.92 Å². The molecule has 2 aliphatic heterocycles. The minimum absolute atomic E-state index is 0.546. The first-order valence-electron chi connectivity index (χ1n) is 6.35. The van der Waals surface area contributed by atoms with E-state index < -0.39 is 0 Å². The molecule has 0 aliphatic carbocycles. The summed E-state index contributed by atoms with van der Waals surface area (Å²) in [5.74, 6) is 0. The van der Waals surface area contributed by atoms with Crippen molar-refractivity contribution in [3.8, 4) is 0 Å². The molecule has 1 atom stereocenters. The third-order valence-corrected chi connectivity index (χ3v) is 3.96. The van der Waals surface area contributed by atoms with Crippen molar-refractivity contribution in [2.45, 2.75) is 26.2 Å². The van der Waals surface area contributed by atoms with Gasteiger partial charge in [-0.25, -0.2) is 0 Å². The summed E-state index contributed by atoms with van der Waals surface area (Å²) in [7, 11) is 0. The molecule has 88 valence electrons. The maximum atomic E-state index is 5.50. The Hall–Kier alpha value is -0.120. The van der Waals surface area contributed by atoms with Crippen LogP contribution in [0.2, 0.25) is 0 Å². The average molecular weight is 212 g/mol. The van der Waals surface area contributed by atoms with Crippen molar-refractivity contribution in [1.82, 2.24) is 10.2 Å². The van der Waals surface area contributed by atoms with Gasteiger partial charge in [-0.2, -0.15) is 0 Å². The van der Waals surface area contributed by atoms with E-state index in [9.17, 15) is 0 Å². The molecule has 15 heavy (non-hydrogen) atoms. The van der Waals surface area contributed by atoms with Crippen LogP contribution in [0.3, 0.4) is 0 Å². The Morgan fingerprint density at radius 1 is 1.33 bits per heavy atom. The Morgan fingerprint density at radius 2 is 2.27 bits per heavy atom. The summed E-state index contributed by atoms with van der Waals surface area (Å²) < 4.78 is 5.50. The smallest absolute Gasteiger partial charge is 0.0593 e. The van der Waals surface area contributed by atoms with Crippen molar-refractivity contribution in [3.05, 3.63) is 0 Å². The van der Waals surface area contributed by atoms with Crippen LogP contribution in [-0.2, 0) is 4.74 Å². The van der Waals surface area contributed by atoms with Gasteiger partial charge in [0.15, 0.2) is 0 Å². The second-order valence-electron chi connectivity index (χ2n) is 5.02. The van der Waals surface area contributed by atoms with Crippen molar-refractivity contribution in [2.75, 3.05) is 45.9 Å². The Morgan fingerprint density at radius 3 is 3.00 bits per heavy atom. The van der Waals surface area contributed by atoms with E-state index in [1.807, 2.05) is 0 Å². The standard InChI is InChI=1S/C12H24N2O/c1-2-12(4-5-13-10-12)11-14-6-3-8-15-9-7-14/h13H,2-11H2,1H3. The number of ether oxygens (including phenoxy) is 1. The fourth-order valence-corrected chi connectivity index (χ4v) is 2.77. The predicted octanol–water partition coefficient (Wildman–Crippen LogP) is 1.10. The van der Waals surface area contributed by atoms with Gasteiger partial charge >= 0.3 is 0 Å². The first-order chi connectivity index (χ1) is 7.35. The number of nitrogens with zero attached hydrogens (tertiary/aromatic N) is 1. The molecule has 3 heteroatoms. The second kappa shape index (κ2) is 5.28.